The predicted molar refractivity (Wildman–Crippen MR) is 75.2 cm³/mol. The van der Waals surface area contributed by atoms with Crippen LogP contribution in [0.25, 0.3) is 0 Å². The highest BCUT2D eigenvalue weighted by Crippen LogP contribution is 2.13. The van der Waals surface area contributed by atoms with Crippen molar-refractivity contribution in [2.24, 2.45) is 5.92 Å². The Morgan fingerprint density at radius 3 is 2.71 bits per heavy atom. The van der Waals surface area contributed by atoms with Crippen molar-refractivity contribution in [3.63, 3.8) is 0 Å². The fraction of sp³-hybridized carbons (Fsp3) is 0.467. The van der Waals surface area contributed by atoms with E-state index >= 15 is 0 Å². The van der Waals surface area contributed by atoms with E-state index in [1.807, 2.05) is 12.1 Å². The van der Waals surface area contributed by atoms with Gasteiger partial charge in [0.05, 0.1) is 12.5 Å². The molecule has 2 N–H and O–H groups in total. The number of nitrogens with one attached hydrogen (secondary N) is 1. The van der Waals surface area contributed by atoms with Gasteiger partial charge in [0.25, 0.3) is 0 Å². The van der Waals surface area contributed by atoms with Crippen LogP contribution in [0, 0.1) is 5.92 Å². The fourth-order valence-corrected chi connectivity index (χ4v) is 2.11. The maximum absolute atomic E-state index is 11.8. The van der Waals surface area contributed by atoms with E-state index in [1.165, 1.54) is 0 Å². The van der Waals surface area contributed by atoms with E-state index in [1.54, 1.807) is 12.1 Å². The maximum atomic E-state index is 11.8. The molecule has 0 radical (unpaired) electrons. The van der Waals surface area contributed by atoms with Crippen molar-refractivity contribution in [3.05, 3.63) is 29.8 Å². The van der Waals surface area contributed by atoms with Crippen molar-refractivity contribution in [1.29, 1.82) is 0 Å². The van der Waals surface area contributed by atoms with Gasteiger partial charge in [0.2, 0.25) is 5.91 Å². The van der Waals surface area contributed by atoms with Crippen LogP contribution in [0.4, 0.5) is 0 Å². The molecule has 1 unspecified atom stereocenters. The molecule has 1 aliphatic heterocycles. The van der Waals surface area contributed by atoms with Crippen LogP contribution in [-0.2, 0) is 20.7 Å². The lowest BCUT2D eigenvalue weighted by molar-refractivity contribution is -0.139. The summed E-state index contributed by atoms with van der Waals surface area (Å²) in [5.74, 6) is -0.448. The minimum absolute atomic E-state index is 0.0169. The van der Waals surface area contributed by atoms with Gasteiger partial charge in [0, 0.05) is 13.2 Å². The van der Waals surface area contributed by atoms with Gasteiger partial charge in [-0.25, -0.2) is 4.79 Å². The third-order valence-corrected chi connectivity index (χ3v) is 3.30. The zero-order chi connectivity index (χ0) is 15.1. The Morgan fingerprint density at radius 1 is 1.33 bits per heavy atom. The molecule has 2 rings (SSSR count). The summed E-state index contributed by atoms with van der Waals surface area (Å²) in [6, 6.07) is 7.18. The Hall–Kier alpha value is -2.08. The fourth-order valence-electron chi connectivity index (χ4n) is 2.11. The molecule has 114 valence electrons. The highest BCUT2D eigenvalue weighted by molar-refractivity contribution is 5.78. The number of carbonyl (C=O) groups is 2. The lowest BCUT2D eigenvalue weighted by Gasteiger charge is -2.09. The quantitative estimate of drug-likeness (QED) is 0.778. The summed E-state index contributed by atoms with van der Waals surface area (Å²) in [4.78, 5) is 22.2. The Bertz CT molecular complexity index is 479. The van der Waals surface area contributed by atoms with E-state index in [-0.39, 0.29) is 18.4 Å². The lowest BCUT2D eigenvalue weighted by atomic mass is 10.1. The van der Waals surface area contributed by atoms with E-state index in [2.05, 4.69) is 5.32 Å². The van der Waals surface area contributed by atoms with Gasteiger partial charge in [0.1, 0.15) is 5.75 Å². The number of hydrogen-bond acceptors (Lipinski definition) is 4. The first kappa shape index (κ1) is 15.3. The Kier molecular flexibility index (Phi) is 5.57. The Balaban J connectivity index is 1.70. The highest BCUT2D eigenvalue weighted by Gasteiger charge is 2.22. The zero-order valence-electron chi connectivity index (χ0n) is 11.7. The van der Waals surface area contributed by atoms with Crippen LogP contribution in [0.15, 0.2) is 24.3 Å². The number of ether oxygens (including phenoxy) is 2. The number of aliphatic carboxylic acids is 1. The molecular formula is C15H19NO5. The summed E-state index contributed by atoms with van der Waals surface area (Å²) in [7, 11) is 0. The second kappa shape index (κ2) is 7.64. The number of hydrogen-bond donors (Lipinski definition) is 2. The molecule has 21 heavy (non-hydrogen) atoms. The minimum atomic E-state index is -1.00. The SMILES string of the molecule is O=C(O)COc1ccc(CCNC(=O)C2CCOC2)cc1. The molecular weight excluding hydrogens is 274 g/mol. The van der Waals surface area contributed by atoms with Crippen LogP contribution in [-0.4, -0.2) is 43.3 Å². The first-order valence-electron chi connectivity index (χ1n) is 6.94. The van der Waals surface area contributed by atoms with E-state index < -0.39 is 5.97 Å². The van der Waals surface area contributed by atoms with Gasteiger partial charge in [-0.1, -0.05) is 12.1 Å². The molecule has 0 aromatic heterocycles. The molecule has 6 heteroatoms. The van der Waals surface area contributed by atoms with E-state index in [0.29, 0.717) is 25.5 Å². The van der Waals surface area contributed by atoms with Gasteiger partial charge in [-0.05, 0) is 30.5 Å². The second-order valence-electron chi connectivity index (χ2n) is 4.93. The Labute approximate surface area is 123 Å². The van der Waals surface area contributed by atoms with E-state index in [0.717, 1.165) is 18.4 Å². The van der Waals surface area contributed by atoms with Gasteiger partial charge < -0.3 is 19.9 Å². The number of carboxylic acid groups (broad SMARTS) is 1. The first-order valence-corrected chi connectivity index (χ1v) is 6.94. The van der Waals surface area contributed by atoms with Crippen LogP contribution in [0.3, 0.4) is 0 Å². The molecule has 0 spiro atoms. The van der Waals surface area contributed by atoms with E-state index in [9.17, 15) is 9.59 Å². The molecule has 1 aromatic rings. The summed E-state index contributed by atoms with van der Waals surface area (Å²) in [6.07, 6.45) is 1.51. The lowest BCUT2D eigenvalue weighted by Crippen LogP contribution is -2.32. The topological polar surface area (TPSA) is 84.9 Å². The van der Waals surface area contributed by atoms with Crippen molar-refractivity contribution < 1.29 is 24.2 Å². The average Bonchev–Trinajstić information content (AvgIpc) is 3.00. The monoisotopic (exact) mass is 293 g/mol. The van der Waals surface area contributed by atoms with Crippen LogP contribution >= 0.6 is 0 Å². The molecule has 1 fully saturated rings. The number of carbonyl (C=O) groups excluding carboxylic acids is 1. The van der Waals surface area contributed by atoms with Gasteiger partial charge in [-0.15, -0.1) is 0 Å². The first-order chi connectivity index (χ1) is 10.1. The predicted octanol–water partition coefficient (Wildman–Crippen LogP) is 0.845. The third-order valence-electron chi connectivity index (χ3n) is 3.30. The summed E-state index contributed by atoms with van der Waals surface area (Å²) < 4.78 is 10.2. The van der Waals surface area contributed by atoms with Crippen LogP contribution in [0.2, 0.25) is 0 Å². The normalized spacial score (nSPS) is 17.4. The average molecular weight is 293 g/mol. The van der Waals surface area contributed by atoms with Gasteiger partial charge in [-0.2, -0.15) is 0 Å². The second-order valence-corrected chi connectivity index (χ2v) is 4.93. The van der Waals surface area contributed by atoms with Crippen molar-refractivity contribution in [1.82, 2.24) is 5.32 Å². The third kappa shape index (κ3) is 5.07. The van der Waals surface area contributed by atoms with Crippen molar-refractivity contribution >= 4 is 11.9 Å². The number of benzene rings is 1. The van der Waals surface area contributed by atoms with Gasteiger partial charge >= 0.3 is 5.97 Å². The highest BCUT2D eigenvalue weighted by atomic mass is 16.5. The number of rotatable bonds is 7. The minimum Gasteiger partial charge on any atom is -0.482 e. The van der Waals surface area contributed by atoms with Crippen LogP contribution in [0.5, 0.6) is 5.75 Å². The molecule has 1 heterocycles. The molecule has 6 nitrogen and oxygen atoms in total. The van der Waals surface area contributed by atoms with Gasteiger partial charge in [0.15, 0.2) is 6.61 Å². The summed E-state index contributed by atoms with van der Waals surface area (Å²) in [5.41, 5.74) is 1.06. The zero-order valence-corrected chi connectivity index (χ0v) is 11.7. The number of carboxylic acids is 1. The molecule has 1 saturated heterocycles. The van der Waals surface area contributed by atoms with Crippen molar-refractivity contribution in [2.45, 2.75) is 12.8 Å². The molecule has 1 atom stereocenters. The summed E-state index contributed by atoms with van der Waals surface area (Å²) in [6.45, 7) is 1.40. The van der Waals surface area contributed by atoms with Crippen LogP contribution < -0.4 is 10.1 Å². The van der Waals surface area contributed by atoms with Crippen molar-refractivity contribution in [3.8, 4) is 5.75 Å². The molecule has 0 bridgehead atoms. The molecule has 1 aromatic carbocycles. The smallest absolute Gasteiger partial charge is 0.341 e. The molecule has 0 aliphatic carbocycles. The van der Waals surface area contributed by atoms with Crippen molar-refractivity contribution in [2.75, 3.05) is 26.4 Å². The summed E-state index contributed by atoms with van der Waals surface area (Å²) >= 11 is 0. The standard InChI is InChI=1S/C15H19NO5/c17-14(18)10-21-13-3-1-11(2-4-13)5-7-16-15(19)12-6-8-20-9-12/h1-4,12H,5-10H2,(H,16,19)(H,17,18). The van der Waals surface area contributed by atoms with Gasteiger partial charge in [-0.3, -0.25) is 4.79 Å². The molecule has 0 saturated carbocycles. The summed E-state index contributed by atoms with van der Waals surface area (Å²) in [5, 5.41) is 11.4. The van der Waals surface area contributed by atoms with Crippen LogP contribution in [0.1, 0.15) is 12.0 Å². The maximum Gasteiger partial charge on any atom is 0.341 e. The largest absolute Gasteiger partial charge is 0.482 e. The molecule has 1 aliphatic rings. The van der Waals surface area contributed by atoms with E-state index in [4.69, 9.17) is 14.6 Å². The molecule has 1 amide bonds. The number of amides is 1. The Morgan fingerprint density at radius 2 is 2.10 bits per heavy atom.